The second kappa shape index (κ2) is 5.43. The Bertz CT molecular complexity index is 715. The van der Waals surface area contributed by atoms with Crippen LogP contribution in [0.4, 0.5) is 0 Å². The van der Waals surface area contributed by atoms with Crippen LogP contribution in [-0.4, -0.2) is 20.6 Å². The second-order valence-electron chi connectivity index (χ2n) is 5.18. The number of hydrogen-bond donors (Lipinski definition) is 1. The predicted octanol–water partition coefficient (Wildman–Crippen LogP) is 2.37. The summed E-state index contributed by atoms with van der Waals surface area (Å²) in [6, 6.07) is 10.5. The average molecular weight is 266 g/mol. The molecule has 1 atom stereocenters. The van der Waals surface area contributed by atoms with Crippen LogP contribution in [0.1, 0.15) is 18.3 Å². The molecule has 2 heterocycles. The van der Waals surface area contributed by atoms with Gasteiger partial charge in [0.15, 0.2) is 0 Å². The molecule has 2 aromatic heterocycles. The molecule has 2 N–H and O–H groups in total. The number of rotatable bonds is 4. The van der Waals surface area contributed by atoms with Crippen LogP contribution < -0.4 is 5.73 Å². The van der Waals surface area contributed by atoms with E-state index in [1.54, 1.807) is 0 Å². The number of nitrogens with zero attached hydrogens (tertiary/aromatic N) is 3. The third kappa shape index (κ3) is 2.70. The first-order chi connectivity index (χ1) is 9.72. The molecule has 3 rings (SSSR count). The molecule has 0 saturated heterocycles. The van der Waals surface area contributed by atoms with Crippen molar-refractivity contribution in [1.29, 1.82) is 0 Å². The molecule has 1 unspecified atom stereocenters. The molecular formula is C16H18N4. The van der Waals surface area contributed by atoms with Crippen molar-refractivity contribution in [3.8, 4) is 0 Å². The molecule has 0 aliphatic carbocycles. The van der Waals surface area contributed by atoms with Crippen molar-refractivity contribution in [2.75, 3.05) is 0 Å². The van der Waals surface area contributed by atoms with Gasteiger partial charge in [0.1, 0.15) is 5.82 Å². The zero-order valence-electron chi connectivity index (χ0n) is 11.5. The molecular weight excluding hydrogens is 248 g/mol. The Morgan fingerprint density at radius 1 is 1.20 bits per heavy atom. The highest BCUT2D eigenvalue weighted by atomic mass is 15.1. The van der Waals surface area contributed by atoms with Crippen LogP contribution in [0.25, 0.3) is 10.9 Å². The number of benzene rings is 1. The van der Waals surface area contributed by atoms with Crippen molar-refractivity contribution < 1.29 is 0 Å². The molecule has 1 aromatic carbocycles. The topological polar surface area (TPSA) is 56.7 Å². The average Bonchev–Trinajstić information content (AvgIpc) is 2.85. The summed E-state index contributed by atoms with van der Waals surface area (Å²) in [4.78, 5) is 8.73. The maximum absolute atomic E-state index is 5.86. The normalized spacial score (nSPS) is 12.7. The van der Waals surface area contributed by atoms with Gasteiger partial charge in [0.2, 0.25) is 0 Å². The minimum Gasteiger partial charge on any atom is -0.330 e. The van der Waals surface area contributed by atoms with Crippen molar-refractivity contribution in [1.82, 2.24) is 14.5 Å². The summed E-state index contributed by atoms with van der Waals surface area (Å²) < 4.78 is 2.15. The van der Waals surface area contributed by atoms with Crippen LogP contribution in [0.3, 0.4) is 0 Å². The minimum atomic E-state index is 0.122. The van der Waals surface area contributed by atoms with Crippen LogP contribution in [0.5, 0.6) is 0 Å². The summed E-state index contributed by atoms with van der Waals surface area (Å²) in [5.74, 6) is 1.03. The van der Waals surface area contributed by atoms with E-state index in [1.165, 1.54) is 10.9 Å². The lowest BCUT2D eigenvalue weighted by Crippen LogP contribution is -2.20. The zero-order chi connectivity index (χ0) is 13.9. The van der Waals surface area contributed by atoms with E-state index in [-0.39, 0.29) is 6.04 Å². The van der Waals surface area contributed by atoms with Crippen molar-refractivity contribution >= 4 is 10.9 Å². The summed E-state index contributed by atoms with van der Waals surface area (Å²) in [6.45, 7) is 2.81. The summed E-state index contributed by atoms with van der Waals surface area (Å²) in [5, 5.41) is 1.17. The monoisotopic (exact) mass is 266 g/mol. The molecule has 0 saturated carbocycles. The van der Waals surface area contributed by atoms with Crippen molar-refractivity contribution in [3.05, 3.63) is 60.3 Å². The highest BCUT2D eigenvalue weighted by Gasteiger charge is 2.06. The van der Waals surface area contributed by atoms with Gasteiger partial charge in [-0.3, -0.25) is 4.98 Å². The molecule has 0 amide bonds. The summed E-state index contributed by atoms with van der Waals surface area (Å²) in [7, 11) is 0. The molecule has 0 fully saturated rings. The van der Waals surface area contributed by atoms with Crippen LogP contribution >= 0.6 is 0 Å². The van der Waals surface area contributed by atoms with Crippen LogP contribution in [0.15, 0.2) is 48.9 Å². The number of hydrogen-bond acceptors (Lipinski definition) is 3. The van der Waals surface area contributed by atoms with Crippen molar-refractivity contribution in [2.45, 2.75) is 25.9 Å². The Morgan fingerprint density at radius 3 is 2.95 bits per heavy atom. The van der Waals surface area contributed by atoms with Gasteiger partial charge in [-0.2, -0.15) is 0 Å². The van der Waals surface area contributed by atoms with Gasteiger partial charge in [0.25, 0.3) is 0 Å². The highest BCUT2D eigenvalue weighted by molar-refractivity contribution is 5.78. The zero-order valence-corrected chi connectivity index (χ0v) is 11.5. The maximum atomic E-state index is 5.86. The fraction of sp³-hybridized carbons (Fsp3) is 0.250. The van der Waals surface area contributed by atoms with E-state index >= 15 is 0 Å². The first-order valence-electron chi connectivity index (χ1n) is 6.81. The number of imidazole rings is 1. The summed E-state index contributed by atoms with van der Waals surface area (Å²) in [6.07, 6.45) is 6.45. The van der Waals surface area contributed by atoms with E-state index in [0.29, 0.717) is 0 Å². The van der Waals surface area contributed by atoms with Gasteiger partial charge in [0.05, 0.1) is 5.52 Å². The number of fused-ring (bicyclic) bond motifs is 1. The van der Waals surface area contributed by atoms with Gasteiger partial charge in [0, 0.05) is 43.0 Å². The number of pyridine rings is 1. The highest BCUT2D eigenvalue weighted by Crippen LogP contribution is 2.15. The molecule has 0 aliphatic rings. The summed E-state index contributed by atoms with van der Waals surface area (Å²) in [5.41, 5.74) is 8.13. The van der Waals surface area contributed by atoms with E-state index in [1.807, 2.05) is 31.6 Å². The molecule has 3 aromatic rings. The third-order valence-electron chi connectivity index (χ3n) is 3.33. The van der Waals surface area contributed by atoms with Crippen LogP contribution in [0.2, 0.25) is 0 Å². The SMILES string of the molecule is CC(N)Cc1nccn1Cc1ccc2ncccc2c1. The molecule has 0 aliphatic heterocycles. The lowest BCUT2D eigenvalue weighted by atomic mass is 10.1. The lowest BCUT2D eigenvalue weighted by Gasteiger charge is -2.10. The van der Waals surface area contributed by atoms with E-state index in [9.17, 15) is 0 Å². The van der Waals surface area contributed by atoms with Crippen molar-refractivity contribution in [2.24, 2.45) is 5.73 Å². The van der Waals surface area contributed by atoms with Gasteiger partial charge >= 0.3 is 0 Å². The number of nitrogens with two attached hydrogens (primary N) is 1. The molecule has 4 nitrogen and oxygen atoms in total. The summed E-state index contributed by atoms with van der Waals surface area (Å²) >= 11 is 0. The largest absolute Gasteiger partial charge is 0.330 e. The lowest BCUT2D eigenvalue weighted by molar-refractivity contribution is 0.648. The second-order valence-corrected chi connectivity index (χ2v) is 5.18. The standard InChI is InChI=1S/C16H18N4/c1-12(17)9-16-19-7-8-20(16)11-13-4-5-15-14(10-13)3-2-6-18-15/h2-8,10,12H,9,11,17H2,1H3. The van der Waals surface area contributed by atoms with E-state index in [4.69, 9.17) is 5.73 Å². The smallest absolute Gasteiger partial charge is 0.110 e. The Labute approximate surface area is 118 Å². The Hall–Kier alpha value is -2.20. The van der Waals surface area contributed by atoms with Crippen LogP contribution in [0, 0.1) is 0 Å². The number of aromatic nitrogens is 3. The Balaban J connectivity index is 1.87. The predicted molar refractivity (Wildman–Crippen MR) is 80.4 cm³/mol. The van der Waals surface area contributed by atoms with Crippen LogP contribution in [-0.2, 0) is 13.0 Å². The fourth-order valence-electron chi connectivity index (χ4n) is 2.38. The van der Waals surface area contributed by atoms with Gasteiger partial charge in [-0.25, -0.2) is 4.98 Å². The Kier molecular flexibility index (Phi) is 3.48. The Morgan fingerprint density at radius 2 is 2.10 bits per heavy atom. The minimum absolute atomic E-state index is 0.122. The maximum Gasteiger partial charge on any atom is 0.110 e. The van der Waals surface area contributed by atoms with Gasteiger partial charge in [-0.05, 0) is 30.7 Å². The van der Waals surface area contributed by atoms with E-state index in [0.717, 1.165) is 24.3 Å². The molecule has 4 heteroatoms. The molecule has 102 valence electrons. The van der Waals surface area contributed by atoms with Gasteiger partial charge in [-0.1, -0.05) is 12.1 Å². The molecule has 20 heavy (non-hydrogen) atoms. The van der Waals surface area contributed by atoms with Crippen molar-refractivity contribution in [3.63, 3.8) is 0 Å². The van der Waals surface area contributed by atoms with E-state index in [2.05, 4.69) is 38.8 Å². The van der Waals surface area contributed by atoms with Gasteiger partial charge < -0.3 is 10.3 Å². The molecule has 0 bridgehead atoms. The van der Waals surface area contributed by atoms with E-state index < -0.39 is 0 Å². The quantitative estimate of drug-likeness (QED) is 0.788. The first-order valence-corrected chi connectivity index (χ1v) is 6.81. The third-order valence-corrected chi connectivity index (χ3v) is 3.33. The van der Waals surface area contributed by atoms with Gasteiger partial charge in [-0.15, -0.1) is 0 Å². The molecule has 0 radical (unpaired) electrons. The first kappa shape index (κ1) is 12.8. The molecule has 0 spiro atoms. The fourth-order valence-corrected chi connectivity index (χ4v) is 2.38.